The minimum atomic E-state index is -0.0366. The van der Waals surface area contributed by atoms with Gasteiger partial charge in [-0.2, -0.15) is 5.26 Å². The zero-order valence-corrected chi connectivity index (χ0v) is 7.51. The second-order valence-electron chi connectivity index (χ2n) is 3.22. The summed E-state index contributed by atoms with van der Waals surface area (Å²) in [4.78, 5) is 2.10. The third-order valence-corrected chi connectivity index (χ3v) is 2.40. The average Bonchev–Trinajstić information content (AvgIpc) is 2.63. The molecule has 2 heterocycles. The molecule has 1 aromatic rings. The topological polar surface area (TPSA) is 57.7 Å². The van der Waals surface area contributed by atoms with Crippen molar-refractivity contribution in [1.82, 2.24) is 19.7 Å². The van der Waals surface area contributed by atoms with Gasteiger partial charge in [-0.3, -0.25) is 4.90 Å². The van der Waals surface area contributed by atoms with Crippen LogP contribution in [0.2, 0.25) is 0 Å². The Labute approximate surface area is 76.6 Å². The smallest absolute Gasteiger partial charge is 0.147 e. The molecule has 5 heteroatoms. The fraction of sp³-hybridized carbons (Fsp3) is 0.625. The normalized spacial score (nSPS) is 19.1. The molecule has 0 aromatic carbocycles. The van der Waals surface area contributed by atoms with Crippen molar-refractivity contribution in [3.8, 4) is 6.07 Å². The molecule has 1 aliphatic heterocycles. The number of hydrogen-bond acceptors (Lipinski definition) is 4. The van der Waals surface area contributed by atoms with Gasteiger partial charge in [0, 0.05) is 13.1 Å². The van der Waals surface area contributed by atoms with E-state index in [1.807, 2.05) is 11.5 Å². The summed E-state index contributed by atoms with van der Waals surface area (Å²) >= 11 is 0. The maximum absolute atomic E-state index is 8.75. The molecule has 0 saturated carbocycles. The molecule has 0 aliphatic carbocycles. The number of aromatic nitrogens is 3. The van der Waals surface area contributed by atoms with E-state index in [1.54, 1.807) is 6.33 Å². The van der Waals surface area contributed by atoms with Gasteiger partial charge in [0.15, 0.2) is 0 Å². The van der Waals surface area contributed by atoms with E-state index in [9.17, 15) is 0 Å². The summed E-state index contributed by atoms with van der Waals surface area (Å²) in [7, 11) is 0. The zero-order chi connectivity index (χ0) is 9.26. The van der Waals surface area contributed by atoms with Crippen LogP contribution in [0.15, 0.2) is 6.33 Å². The Morgan fingerprint density at radius 1 is 1.62 bits per heavy atom. The average molecular weight is 177 g/mol. The number of nitriles is 1. The predicted molar refractivity (Wildman–Crippen MR) is 45.5 cm³/mol. The molecule has 0 spiro atoms. The largest absolute Gasteiger partial charge is 0.315 e. The van der Waals surface area contributed by atoms with Gasteiger partial charge in [0.2, 0.25) is 0 Å². The Kier molecular flexibility index (Phi) is 1.99. The van der Waals surface area contributed by atoms with Crippen molar-refractivity contribution in [3.63, 3.8) is 0 Å². The van der Waals surface area contributed by atoms with Crippen LogP contribution in [0.3, 0.4) is 0 Å². The molecule has 0 bridgehead atoms. The summed E-state index contributed by atoms with van der Waals surface area (Å²) in [6.07, 6.45) is 1.74. The minimum Gasteiger partial charge on any atom is -0.315 e. The molecular weight excluding hydrogens is 166 g/mol. The van der Waals surface area contributed by atoms with Crippen LogP contribution in [-0.4, -0.2) is 32.3 Å². The number of hydrogen-bond donors (Lipinski definition) is 0. The molecule has 1 unspecified atom stereocenters. The molecule has 1 atom stereocenters. The Balaban J connectivity index is 2.14. The Morgan fingerprint density at radius 2 is 2.46 bits per heavy atom. The highest BCUT2D eigenvalue weighted by Crippen LogP contribution is 2.11. The van der Waals surface area contributed by atoms with Crippen LogP contribution in [-0.2, 0) is 13.1 Å². The molecule has 0 amide bonds. The van der Waals surface area contributed by atoms with Crippen LogP contribution < -0.4 is 0 Å². The Bertz CT molecular complexity index is 337. The maximum Gasteiger partial charge on any atom is 0.147 e. The summed E-state index contributed by atoms with van der Waals surface area (Å²) in [6, 6.07) is 2.19. The molecule has 68 valence electrons. The molecule has 0 N–H and O–H groups in total. The first-order chi connectivity index (χ1) is 6.31. The molecule has 0 radical (unpaired) electrons. The van der Waals surface area contributed by atoms with Gasteiger partial charge in [-0.1, -0.05) is 0 Å². The summed E-state index contributed by atoms with van der Waals surface area (Å²) in [6.45, 7) is 4.43. The lowest BCUT2D eigenvalue weighted by Crippen LogP contribution is -2.38. The Morgan fingerprint density at radius 3 is 3.23 bits per heavy atom. The van der Waals surface area contributed by atoms with Crippen molar-refractivity contribution in [2.75, 3.05) is 6.54 Å². The van der Waals surface area contributed by atoms with E-state index in [0.29, 0.717) is 0 Å². The first-order valence-electron chi connectivity index (χ1n) is 4.31. The molecule has 0 saturated heterocycles. The molecular formula is C8H11N5. The van der Waals surface area contributed by atoms with Gasteiger partial charge in [-0.25, -0.2) is 0 Å². The monoisotopic (exact) mass is 177 g/mol. The van der Waals surface area contributed by atoms with Crippen molar-refractivity contribution in [2.45, 2.75) is 26.1 Å². The highest BCUT2D eigenvalue weighted by atomic mass is 15.3. The van der Waals surface area contributed by atoms with Gasteiger partial charge in [-0.05, 0) is 6.92 Å². The lowest BCUT2D eigenvalue weighted by molar-refractivity contribution is 0.193. The third kappa shape index (κ3) is 1.40. The summed E-state index contributed by atoms with van der Waals surface area (Å²) in [5, 5.41) is 16.6. The minimum absolute atomic E-state index is 0.0366. The van der Waals surface area contributed by atoms with Gasteiger partial charge < -0.3 is 4.57 Å². The lowest BCUT2D eigenvalue weighted by atomic mass is 10.2. The lowest BCUT2D eigenvalue weighted by Gasteiger charge is -2.28. The van der Waals surface area contributed by atoms with Gasteiger partial charge in [0.05, 0.1) is 18.7 Å². The van der Waals surface area contributed by atoms with Crippen molar-refractivity contribution >= 4 is 0 Å². The van der Waals surface area contributed by atoms with Crippen molar-refractivity contribution in [2.24, 2.45) is 0 Å². The van der Waals surface area contributed by atoms with Crippen LogP contribution in [0.25, 0.3) is 0 Å². The number of rotatable bonds is 1. The fourth-order valence-corrected chi connectivity index (χ4v) is 1.50. The summed E-state index contributed by atoms with van der Waals surface area (Å²) in [5.41, 5.74) is 0. The molecule has 13 heavy (non-hydrogen) atoms. The quantitative estimate of drug-likeness (QED) is 0.606. The van der Waals surface area contributed by atoms with Gasteiger partial charge in [0.1, 0.15) is 12.2 Å². The van der Waals surface area contributed by atoms with Crippen LogP contribution in [0.4, 0.5) is 0 Å². The predicted octanol–water partition coefficient (Wildman–Crippen LogP) is 0.00578. The molecule has 5 nitrogen and oxygen atoms in total. The van der Waals surface area contributed by atoms with Crippen molar-refractivity contribution in [3.05, 3.63) is 12.2 Å². The Hall–Kier alpha value is -1.41. The summed E-state index contributed by atoms with van der Waals surface area (Å²) in [5.74, 6) is 0.952. The third-order valence-electron chi connectivity index (χ3n) is 2.40. The SMILES string of the molecule is CC(C#N)N1CCn2cnnc2C1. The molecule has 2 rings (SSSR count). The van der Waals surface area contributed by atoms with Crippen molar-refractivity contribution in [1.29, 1.82) is 5.26 Å². The maximum atomic E-state index is 8.75. The van der Waals surface area contributed by atoms with E-state index in [1.165, 1.54) is 0 Å². The number of nitrogens with zero attached hydrogens (tertiary/aromatic N) is 5. The van der Waals surface area contributed by atoms with Crippen LogP contribution >= 0.6 is 0 Å². The highest BCUT2D eigenvalue weighted by molar-refractivity contribution is 4.96. The molecule has 0 fully saturated rings. The highest BCUT2D eigenvalue weighted by Gasteiger charge is 2.20. The van der Waals surface area contributed by atoms with E-state index >= 15 is 0 Å². The fourth-order valence-electron chi connectivity index (χ4n) is 1.50. The van der Waals surface area contributed by atoms with E-state index in [-0.39, 0.29) is 6.04 Å². The van der Waals surface area contributed by atoms with E-state index in [2.05, 4.69) is 21.2 Å². The van der Waals surface area contributed by atoms with E-state index in [0.717, 1.165) is 25.5 Å². The van der Waals surface area contributed by atoms with Gasteiger partial charge in [0.25, 0.3) is 0 Å². The van der Waals surface area contributed by atoms with Crippen molar-refractivity contribution < 1.29 is 0 Å². The van der Waals surface area contributed by atoms with Crippen LogP contribution in [0.1, 0.15) is 12.7 Å². The second-order valence-corrected chi connectivity index (χ2v) is 3.22. The zero-order valence-electron chi connectivity index (χ0n) is 7.51. The second kappa shape index (κ2) is 3.15. The standard InChI is InChI=1S/C8H11N5/c1-7(4-9)12-2-3-13-6-10-11-8(13)5-12/h6-7H,2-3,5H2,1H3. The first-order valence-corrected chi connectivity index (χ1v) is 4.31. The van der Waals surface area contributed by atoms with E-state index in [4.69, 9.17) is 5.26 Å². The first kappa shape index (κ1) is 8.20. The molecule has 1 aliphatic rings. The summed E-state index contributed by atoms with van der Waals surface area (Å²) < 4.78 is 2.03. The molecule has 1 aromatic heterocycles. The van der Waals surface area contributed by atoms with E-state index < -0.39 is 0 Å². The van der Waals surface area contributed by atoms with Gasteiger partial charge in [-0.15, -0.1) is 10.2 Å². The van der Waals surface area contributed by atoms with Gasteiger partial charge >= 0.3 is 0 Å². The van der Waals surface area contributed by atoms with Crippen LogP contribution in [0, 0.1) is 11.3 Å². The number of fused-ring (bicyclic) bond motifs is 1. The van der Waals surface area contributed by atoms with Crippen LogP contribution in [0.5, 0.6) is 0 Å².